The molecule has 1 amide bonds. The highest BCUT2D eigenvalue weighted by atomic mass is 19.1. The van der Waals surface area contributed by atoms with Crippen LogP contribution >= 0.6 is 0 Å². The van der Waals surface area contributed by atoms with Crippen LogP contribution in [0, 0.1) is 17.7 Å². The lowest BCUT2D eigenvalue weighted by atomic mass is 9.71. The highest BCUT2D eigenvalue weighted by molar-refractivity contribution is 5.78. The highest BCUT2D eigenvalue weighted by Crippen LogP contribution is 2.42. The average molecular weight is 389 g/mol. The second kappa shape index (κ2) is 8.81. The SMILES string of the molecule is CCC[C@H]1[C@H]2C[C@H](CN(CCCOc3ccc(F)cc3)C2)[C@@H]2CCCC(=O)N21. The van der Waals surface area contributed by atoms with Gasteiger partial charge in [-0.25, -0.2) is 4.39 Å². The number of hydrogen-bond acceptors (Lipinski definition) is 3. The third kappa shape index (κ3) is 4.19. The molecule has 3 aliphatic heterocycles. The molecule has 1 aromatic carbocycles. The van der Waals surface area contributed by atoms with E-state index in [4.69, 9.17) is 4.74 Å². The van der Waals surface area contributed by atoms with Crippen LogP contribution in [0.4, 0.5) is 4.39 Å². The standard InChI is InChI=1S/C23H33FN2O2/c1-2-5-21-17-14-18(22-6-3-7-23(27)26(21)22)16-25(15-17)12-4-13-28-20-10-8-19(24)9-11-20/h8-11,17-18,21-22H,2-7,12-16H2,1H3/t17-,18+,21-,22-/m0/s1. The van der Waals surface area contributed by atoms with Crippen molar-refractivity contribution >= 4 is 5.91 Å². The number of rotatable bonds is 7. The first-order valence-corrected chi connectivity index (χ1v) is 11.1. The predicted octanol–water partition coefficient (Wildman–Crippen LogP) is 4.10. The van der Waals surface area contributed by atoms with Gasteiger partial charge in [-0.1, -0.05) is 13.3 Å². The van der Waals surface area contributed by atoms with E-state index < -0.39 is 0 Å². The number of halogens is 1. The first kappa shape index (κ1) is 19.7. The van der Waals surface area contributed by atoms with Crippen LogP contribution < -0.4 is 4.74 Å². The maximum absolute atomic E-state index is 13.0. The minimum Gasteiger partial charge on any atom is -0.494 e. The molecule has 3 fully saturated rings. The van der Waals surface area contributed by atoms with Gasteiger partial charge in [0.2, 0.25) is 5.91 Å². The smallest absolute Gasteiger partial charge is 0.223 e. The molecular formula is C23H33FN2O2. The molecular weight excluding hydrogens is 355 g/mol. The van der Waals surface area contributed by atoms with Gasteiger partial charge in [0.15, 0.2) is 0 Å². The van der Waals surface area contributed by atoms with Crippen molar-refractivity contribution in [1.29, 1.82) is 0 Å². The van der Waals surface area contributed by atoms with Crippen molar-refractivity contribution in [1.82, 2.24) is 9.80 Å². The summed E-state index contributed by atoms with van der Waals surface area (Å²) in [6.07, 6.45) is 7.55. The van der Waals surface area contributed by atoms with Gasteiger partial charge >= 0.3 is 0 Å². The van der Waals surface area contributed by atoms with Crippen LogP contribution in [0.5, 0.6) is 5.75 Å². The molecule has 1 aromatic rings. The Morgan fingerprint density at radius 2 is 1.96 bits per heavy atom. The molecule has 154 valence electrons. The van der Waals surface area contributed by atoms with E-state index in [1.54, 1.807) is 12.1 Å². The van der Waals surface area contributed by atoms with E-state index in [1.807, 2.05) is 0 Å². The lowest BCUT2D eigenvalue weighted by Crippen LogP contribution is -2.65. The monoisotopic (exact) mass is 388 g/mol. The number of benzene rings is 1. The summed E-state index contributed by atoms with van der Waals surface area (Å²) in [5.74, 6) is 2.16. The maximum atomic E-state index is 13.0. The van der Waals surface area contributed by atoms with Gasteiger partial charge in [-0.05, 0) is 68.2 Å². The summed E-state index contributed by atoms with van der Waals surface area (Å²) in [4.78, 5) is 17.6. The first-order chi connectivity index (χ1) is 13.7. The molecule has 2 bridgehead atoms. The summed E-state index contributed by atoms with van der Waals surface area (Å²) in [7, 11) is 0. The Balaban J connectivity index is 1.32. The molecule has 3 saturated heterocycles. The van der Waals surface area contributed by atoms with E-state index in [0.717, 1.165) is 57.5 Å². The van der Waals surface area contributed by atoms with Gasteiger partial charge in [0, 0.05) is 38.1 Å². The fraction of sp³-hybridized carbons (Fsp3) is 0.696. The molecule has 4 atom stereocenters. The van der Waals surface area contributed by atoms with Crippen molar-refractivity contribution in [3.8, 4) is 5.75 Å². The van der Waals surface area contributed by atoms with Gasteiger partial charge in [-0.15, -0.1) is 0 Å². The molecule has 0 aliphatic carbocycles. The van der Waals surface area contributed by atoms with E-state index in [0.29, 0.717) is 36.4 Å². The summed E-state index contributed by atoms with van der Waals surface area (Å²) in [6.45, 7) is 6.15. The molecule has 0 saturated carbocycles. The quantitative estimate of drug-likeness (QED) is 0.660. The second-order valence-corrected chi connectivity index (χ2v) is 8.79. The summed E-state index contributed by atoms with van der Waals surface area (Å²) < 4.78 is 18.7. The number of amides is 1. The number of nitrogens with zero attached hydrogens (tertiary/aromatic N) is 2. The lowest BCUT2D eigenvalue weighted by molar-refractivity contribution is -0.153. The molecule has 0 spiro atoms. The van der Waals surface area contributed by atoms with Crippen LogP contribution in [0.25, 0.3) is 0 Å². The third-order valence-corrected chi connectivity index (χ3v) is 6.86. The number of fused-ring (bicyclic) bond motifs is 4. The van der Waals surface area contributed by atoms with E-state index in [2.05, 4.69) is 16.7 Å². The zero-order chi connectivity index (χ0) is 19.5. The van der Waals surface area contributed by atoms with E-state index in [-0.39, 0.29) is 5.82 Å². The number of hydrogen-bond donors (Lipinski definition) is 0. The van der Waals surface area contributed by atoms with E-state index in [9.17, 15) is 9.18 Å². The fourth-order valence-electron chi connectivity index (χ4n) is 5.73. The van der Waals surface area contributed by atoms with Crippen LogP contribution in [-0.4, -0.2) is 54.0 Å². The van der Waals surface area contributed by atoms with Crippen LogP contribution in [0.2, 0.25) is 0 Å². The highest BCUT2D eigenvalue weighted by Gasteiger charge is 2.48. The van der Waals surface area contributed by atoms with Gasteiger partial charge in [0.05, 0.1) is 6.61 Å². The first-order valence-electron chi connectivity index (χ1n) is 11.1. The number of carbonyl (C=O) groups is 1. The average Bonchev–Trinajstić information content (AvgIpc) is 2.70. The summed E-state index contributed by atoms with van der Waals surface area (Å²) in [5.41, 5.74) is 0. The number of likely N-dealkylation sites (tertiary alicyclic amines) is 1. The van der Waals surface area contributed by atoms with Crippen molar-refractivity contribution in [2.75, 3.05) is 26.2 Å². The third-order valence-electron chi connectivity index (χ3n) is 6.86. The van der Waals surface area contributed by atoms with Crippen molar-refractivity contribution in [2.45, 2.75) is 64.0 Å². The predicted molar refractivity (Wildman–Crippen MR) is 108 cm³/mol. The molecule has 5 heteroatoms. The van der Waals surface area contributed by atoms with Crippen LogP contribution in [0.3, 0.4) is 0 Å². The zero-order valence-corrected chi connectivity index (χ0v) is 17.0. The Bertz CT molecular complexity index is 665. The topological polar surface area (TPSA) is 32.8 Å². The normalized spacial score (nSPS) is 30.2. The Kier molecular flexibility index (Phi) is 6.19. The maximum Gasteiger partial charge on any atom is 0.223 e. The molecule has 3 heterocycles. The van der Waals surface area contributed by atoms with Crippen LogP contribution in [0.15, 0.2) is 24.3 Å². The molecule has 3 aliphatic rings. The Hall–Kier alpha value is -1.62. The molecule has 0 aromatic heterocycles. The Morgan fingerprint density at radius 1 is 1.18 bits per heavy atom. The van der Waals surface area contributed by atoms with Crippen molar-refractivity contribution < 1.29 is 13.9 Å². The van der Waals surface area contributed by atoms with Crippen molar-refractivity contribution in [3.63, 3.8) is 0 Å². The van der Waals surface area contributed by atoms with E-state index >= 15 is 0 Å². The summed E-state index contributed by atoms with van der Waals surface area (Å²) in [6, 6.07) is 7.15. The Labute approximate surface area is 168 Å². The lowest BCUT2D eigenvalue weighted by Gasteiger charge is -2.57. The molecule has 4 nitrogen and oxygen atoms in total. The zero-order valence-electron chi connectivity index (χ0n) is 17.0. The molecule has 0 radical (unpaired) electrons. The molecule has 4 rings (SSSR count). The second-order valence-electron chi connectivity index (χ2n) is 8.79. The van der Waals surface area contributed by atoms with Crippen LogP contribution in [0.1, 0.15) is 51.9 Å². The Morgan fingerprint density at radius 3 is 2.75 bits per heavy atom. The fourth-order valence-corrected chi connectivity index (χ4v) is 5.73. The largest absolute Gasteiger partial charge is 0.494 e. The van der Waals surface area contributed by atoms with Gasteiger partial charge in [0.25, 0.3) is 0 Å². The minimum absolute atomic E-state index is 0.232. The van der Waals surface area contributed by atoms with Crippen molar-refractivity contribution in [3.05, 3.63) is 30.1 Å². The molecule has 28 heavy (non-hydrogen) atoms. The molecule has 0 unspecified atom stereocenters. The summed E-state index contributed by atoms with van der Waals surface area (Å²) in [5, 5.41) is 0. The van der Waals surface area contributed by atoms with Crippen LogP contribution in [-0.2, 0) is 4.79 Å². The number of ether oxygens (including phenoxy) is 1. The van der Waals surface area contributed by atoms with Crippen molar-refractivity contribution in [2.24, 2.45) is 11.8 Å². The number of piperidine rings is 3. The van der Waals surface area contributed by atoms with Gasteiger partial charge in [-0.2, -0.15) is 0 Å². The van der Waals surface area contributed by atoms with Gasteiger partial charge in [0.1, 0.15) is 11.6 Å². The van der Waals surface area contributed by atoms with E-state index in [1.165, 1.54) is 25.0 Å². The number of carbonyl (C=O) groups excluding carboxylic acids is 1. The molecule has 0 N–H and O–H groups in total. The van der Waals surface area contributed by atoms with Gasteiger partial charge < -0.3 is 14.5 Å². The van der Waals surface area contributed by atoms with Gasteiger partial charge in [-0.3, -0.25) is 4.79 Å². The summed E-state index contributed by atoms with van der Waals surface area (Å²) >= 11 is 0. The minimum atomic E-state index is -0.232.